The molecule has 0 unspecified atom stereocenters. The fourth-order valence-electron chi connectivity index (χ4n) is 1.92. The number of carbonyl (C=O) groups is 2. The molecular formula is C16H14ClIN2O2. The van der Waals surface area contributed by atoms with Gasteiger partial charge in [-0.05, 0) is 58.5 Å². The standard InChI is InChI=1S/C16H14ClIN2O2/c1-19-15(21)11-4-2-3-10(7-11)9-20-16(22)13-8-12(17)5-6-14(13)18/h2-8H,9H2,1H3,(H,19,21)(H,20,22). The summed E-state index contributed by atoms with van der Waals surface area (Å²) in [4.78, 5) is 23.8. The minimum absolute atomic E-state index is 0.155. The van der Waals surface area contributed by atoms with Crippen molar-refractivity contribution in [1.82, 2.24) is 10.6 Å². The normalized spacial score (nSPS) is 10.1. The SMILES string of the molecule is CNC(=O)c1cccc(CNC(=O)c2cc(Cl)ccc2I)c1. The lowest BCUT2D eigenvalue weighted by molar-refractivity contribution is 0.0948. The van der Waals surface area contributed by atoms with Crippen LogP contribution in [-0.2, 0) is 6.54 Å². The van der Waals surface area contributed by atoms with E-state index in [1.165, 1.54) is 0 Å². The summed E-state index contributed by atoms with van der Waals surface area (Å²) in [5.41, 5.74) is 1.95. The van der Waals surface area contributed by atoms with E-state index in [1.807, 2.05) is 6.07 Å². The summed E-state index contributed by atoms with van der Waals surface area (Å²) < 4.78 is 0.832. The monoisotopic (exact) mass is 428 g/mol. The second kappa shape index (κ2) is 7.60. The first-order valence-electron chi connectivity index (χ1n) is 6.55. The van der Waals surface area contributed by atoms with Crippen LogP contribution in [-0.4, -0.2) is 18.9 Å². The van der Waals surface area contributed by atoms with Gasteiger partial charge in [0.15, 0.2) is 0 Å². The second-order valence-electron chi connectivity index (χ2n) is 4.59. The Bertz CT molecular complexity index is 719. The van der Waals surface area contributed by atoms with Crippen LogP contribution in [0.1, 0.15) is 26.3 Å². The fourth-order valence-corrected chi connectivity index (χ4v) is 2.67. The Kier molecular flexibility index (Phi) is 5.79. The molecule has 0 atom stereocenters. The van der Waals surface area contributed by atoms with E-state index in [1.54, 1.807) is 43.4 Å². The molecule has 4 nitrogen and oxygen atoms in total. The highest BCUT2D eigenvalue weighted by Crippen LogP contribution is 2.18. The van der Waals surface area contributed by atoms with Gasteiger partial charge in [0.25, 0.3) is 11.8 Å². The maximum Gasteiger partial charge on any atom is 0.252 e. The van der Waals surface area contributed by atoms with Crippen molar-refractivity contribution < 1.29 is 9.59 Å². The molecule has 0 saturated carbocycles. The Morgan fingerprint density at radius 1 is 1.14 bits per heavy atom. The topological polar surface area (TPSA) is 58.2 Å². The van der Waals surface area contributed by atoms with E-state index in [9.17, 15) is 9.59 Å². The zero-order chi connectivity index (χ0) is 16.1. The molecule has 0 saturated heterocycles. The molecular weight excluding hydrogens is 415 g/mol. The molecule has 2 aromatic carbocycles. The van der Waals surface area contributed by atoms with Gasteiger partial charge in [0.1, 0.15) is 0 Å². The van der Waals surface area contributed by atoms with Gasteiger partial charge in [-0.3, -0.25) is 9.59 Å². The Labute approximate surface area is 147 Å². The van der Waals surface area contributed by atoms with Crippen molar-refractivity contribution in [2.75, 3.05) is 7.05 Å². The quantitative estimate of drug-likeness (QED) is 0.735. The minimum atomic E-state index is -0.197. The smallest absolute Gasteiger partial charge is 0.252 e. The number of rotatable bonds is 4. The molecule has 2 amide bonds. The van der Waals surface area contributed by atoms with Gasteiger partial charge in [-0.15, -0.1) is 0 Å². The lowest BCUT2D eigenvalue weighted by Crippen LogP contribution is -2.24. The predicted molar refractivity (Wildman–Crippen MR) is 95.2 cm³/mol. The van der Waals surface area contributed by atoms with Crippen LogP contribution >= 0.6 is 34.2 Å². The number of benzene rings is 2. The first kappa shape index (κ1) is 16.8. The molecule has 0 aliphatic heterocycles. The van der Waals surface area contributed by atoms with E-state index in [0.29, 0.717) is 22.7 Å². The summed E-state index contributed by atoms with van der Waals surface area (Å²) in [5, 5.41) is 5.92. The largest absolute Gasteiger partial charge is 0.355 e. The molecule has 0 aliphatic rings. The fraction of sp³-hybridized carbons (Fsp3) is 0.125. The van der Waals surface area contributed by atoms with Crippen LogP contribution in [0.15, 0.2) is 42.5 Å². The van der Waals surface area contributed by atoms with Crippen molar-refractivity contribution in [2.45, 2.75) is 6.54 Å². The van der Waals surface area contributed by atoms with E-state index < -0.39 is 0 Å². The van der Waals surface area contributed by atoms with Gasteiger partial charge in [0.05, 0.1) is 5.56 Å². The molecule has 0 spiro atoms. The van der Waals surface area contributed by atoms with Gasteiger partial charge in [-0.1, -0.05) is 23.7 Å². The van der Waals surface area contributed by atoms with E-state index in [2.05, 4.69) is 33.2 Å². The lowest BCUT2D eigenvalue weighted by atomic mass is 10.1. The van der Waals surface area contributed by atoms with Crippen molar-refractivity contribution >= 4 is 46.0 Å². The van der Waals surface area contributed by atoms with Crippen molar-refractivity contribution in [3.63, 3.8) is 0 Å². The Morgan fingerprint density at radius 3 is 2.64 bits per heavy atom. The summed E-state index contributed by atoms with van der Waals surface area (Å²) >= 11 is 8.02. The zero-order valence-electron chi connectivity index (χ0n) is 11.8. The third-order valence-electron chi connectivity index (χ3n) is 3.04. The van der Waals surface area contributed by atoms with E-state index in [-0.39, 0.29) is 11.8 Å². The van der Waals surface area contributed by atoms with Gasteiger partial charge < -0.3 is 10.6 Å². The third kappa shape index (κ3) is 4.20. The van der Waals surface area contributed by atoms with E-state index >= 15 is 0 Å². The van der Waals surface area contributed by atoms with Crippen molar-refractivity contribution in [3.8, 4) is 0 Å². The minimum Gasteiger partial charge on any atom is -0.355 e. The highest BCUT2D eigenvalue weighted by atomic mass is 127. The molecule has 0 radical (unpaired) electrons. The second-order valence-corrected chi connectivity index (χ2v) is 6.18. The number of halogens is 2. The van der Waals surface area contributed by atoms with Gasteiger partial charge in [0, 0.05) is 27.7 Å². The van der Waals surface area contributed by atoms with Gasteiger partial charge >= 0.3 is 0 Å². The van der Waals surface area contributed by atoms with Gasteiger partial charge in [0.2, 0.25) is 0 Å². The summed E-state index contributed by atoms with van der Waals surface area (Å²) in [6.07, 6.45) is 0. The van der Waals surface area contributed by atoms with E-state index in [0.717, 1.165) is 9.13 Å². The van der Waals surface area contributed by atoms with E-state index in [4.69, 9.17) is 11.6 Å². The van der Waals surface area contributed by atoms with Crippen LogP contribution in [0, 0.1) is 3.57 Å². The van der Waals surface area contributed by atoms with Crippen LogP contribution in [0.4, 0.5) is 0 Å². The van der Waals surface area contributed by atoms with Crippen molar-refractivity contribution in [3.05, 3.63) is 67.7 Å². The average molecular weight is 429 g/mol. The number of nitrogens with one attached hydrogen (secondary N) is 2. The molecule has 2 rings (SSSR count). The predicted octanol–water partition coefficient (Wildman–Crippen LogP) is 3.23. The third-order valence-corrected chi connectivity index (χ3v) is 4.22. The molecule has 0 fully saturated rings. The summed E-state index contributed by atoms with van der Waals surface area (Å²) in [6, 6.07) is 12.3. The maximum atomic E-state index is 12.2. The van der Waals surface area contributed by atoms with Gasteiger partial charge in [-0.25, -0.2) is 0 Å². The van der Waals surface area contributed by atoms with Crippen LogP contribution in [0.2, 0.25) is 5.02 Å². The van der Waals surface area contributed by atoms with Crippen molar-refractivity contribution in [2.24, 2.45) is 0 Å². The lowest BCUT2D eigenvalue weighted by Gasteiger charge is -2.08. The van der Waals surface area contributed by atoms with Crippen LogP contribution in [0.25, 0.3) is 0 Å². The molecule has 0 aliphatic carbocycles. The number of carbonyl (C=O) groups excluding carboxylic acids is 2. The molecule has 0 heterocycles. The molecule has 2 aromatic rings. The van der Waals surface area contributed by atoms with Crippen LogP contribution in [0.3, 0.4) is 0 Å². The molecule has 2 N–H and O–H groups in total. The Balaban J connectivity index is 2.08. The zero-order valence-corrected chi connectivity index (χ0v) is 14.7. The molecule has 0 bridgehead atoms. The van der Waals surface area contributed by atoms with Crippen LogP contribution in [0.5, 0.6) is 0 Å². The highest BCUT2D eigenvalue weighted by Gasteiger charge is 2.11. The summed E-state index contributed by atoms with van der Waals surface area (Å²) in [5.74, 6) is -0.352. The molecule has 114 valence electrons. The average Bonchev–Trinajstić information content (AvgIpc) is 2.54. The summed E-state index contributed by atoms with van der Waals surface area (Å²) in [6.45, 7) is 0.340. The highest BCUT2D eigenvalue weighted by molar-refractivity contribution is 14.1. The molecule has 0 aromatic heterocycles. The first-order chi connectivity index (χ1) is 10.5. The Hall–Kier alpha value is -1.60. The number of hydrogen-bond donors (Lipinski definition) is 2. The molecule has 6 heteroatoms. The van der Waals surface area contributed by atoms with Gasteiger partial charge in [-0.2, -0.15) is 0 Å². The number of amides is 2. The molecule has 22 heavy (non-hydrogen) atoms. The number of hydrogen-bond acceptors (Lipinski definition) is 2. The van der Waals surface area contributed by atoms with Crippen LogP contribution < -0.4 is 10.6 Å². The Morgan fingerprint density at radius 2 is 1.91 bits per heavy atom. The maximum absolute atomic E-state index is 12.2. The first-order valence-corrected chi connectivity index (χ1v) is 8.01. The van der Waals surface area contributed by atoms with Crippen molar-refractivity contribution in [1.29, 1.82) is 0 Å². The summed E-state index contributed by atoms with van der Waals surface area (Å²) in [7, 11) is 1.58.